The number of hydrogen-bond acceptors (Lipinski definition) is 2. The van der Waals surface area contributed by atoms with Gasteiger partial charge in [0.25, 0.3) is 5.91 Å². The van der Waals surface area contributed by atoms with Gasteiger partial charge in [0.05, 0.1) is 5.56 Å². The predicted octanol–water partition coefficient (Wildman–Crippen LogP) is 1.97. The number of hydrogen-bond donors (Lipinski definition) is 1. The fourth-order valence-corrected chi connectivity index (χ4v) is 2.17. The second-order valence-corrected chi connectivity index (χ2v) is 5.28. The summed E-state index contributed by atoms with van der Waals surface area (Å²) in [4.78, 5) is 14.0. The molecule has 0 fully saturated rings. The van der Waals surface area contributed by atoms with Gasteiger partial charge in [-0.05, 0) is 55.7 Å². The average molecular weight is 332 g/mol. The Morgan fingerprint density at radius 2 is 2.06 bits per heavy atom. The summed E-state index contributed by atoms with van der Waals surface area (Å²) in [7, 11) is 3.99. The molecule has 1 atom stereocenters. The molecule has 0 heterocycles. The molecule has 0 aromatic heterocycles. The molecule has 16 heavy (non-hydrogen) atoms. The monoisotopic (exact) mass is 332 g/mol. The molecular formula is C12H17IN2O. The van der Waals surface area contributed by atoms with Crippen molar-refractivity contribution in [2.45, 2.75) is 13.0 Å². The molecule has 0 saturated heterocycles. The van der Waals surface area contributed by atoms with Crippen molar-refractivity contribution < 1.29 is 4.79 Å². The van der Waals surface area contributed by atoms with Gasteiger partial charge in [-0.1, -0.05) is 12.1 Å². The van der Waals surface area contributed by atoms with Crippen LogP contribution in [0.2, 0.25) is 0 Å². The third-order valence-electron chi connectivity index (χ3n) is 2.13. The molecule has 3 nitrogen and oxygen atoms in total. The standard InChI is InChI=1S/C12H17IN2O/c1-9(8-15(2)3)14-12(16)10-6-4-5-7-11(10)13/h4-7,9H,8H2,1-3H3,(H,14,16). The molecule has 1 rings (SSSR count). The molecule has 0 aliphatic rings. The van der Waals surface area contributed by atoms with Crippen molar-refractivity contribution in [2.24, 2.45) is 0 Å². The number of amides is 1. The average Bonchev–Trinajstić information content (AvgIpc) is 2.16. The maximum absolute atomic E-state index is 11.9. The van der Waals surface area contributed by atoms with Crippen LogP contribution in [0.3, 0.4) is 0 Å². The molecule has 88 valence electrons. The highest BCUT2D eigenvalue weighted by molar-refractivity contribution is 14.1. The summed E-state index contributed by atoms with van der Waals surface area (Å²) in [6.45, 7) is 2.85. The van der Waals surface area contributed by atoms with E-state index in [-0.39, 0.29) is 11.9 Å². The SMILES string of the molecule is CC(CN(C)C)NC(=O)c1ccccc1I. The summed E-state index contributed by atoms with van der Waals surface area (Å²) < 4.78 is 0.981. The first-order valence-electron chi connectivity index (χ1n) is 5.21. The number of rotatable bonds is 4. The van der Waals surface area contributed by atoms with Gasteiger partial charge in [0, 0.05) is 16.2 Å². The lowest BCUT2D eigenvalue weighted by molar-refractivity contribution is 0.0933. The van der Waals surface area contributed by atoms with Crippen LogP contribution in [-0.4, -0.2) is 37.5 Å². The molecule has 4 heteroatoms. The molecule has 0 bridgehead atoms. The number of halogens is 1. The van der Waals surface area contributed by atoms with Crippen molar-refractivity contribution in [3.05, 3.63) is 33.4 Å². The maximum Gasteiger partial charge on any atom is 0.252 e. The summed E-state index contributed by atoms with van der Waals surface area (Å²) in [5, 5.41) is 2.98. The zero-order chi connectivity index (χ0) is 12.1. The van der Waals surface area contributed by atoms with Crippen LogP contribution in [-0.2, 0) is 0 Å². The first-order valence-corrected chi connectivity index (χ1v) is 6.28. The van der Waals surface area contributed by atoms with Gasteiger partial charge in [0.2, 0.25) is 0 Å². The van der Waals surface area contributed by atoms with Crippen LogP contribution in [0.4, 0.5) is 0 Å². The largest absolute Gasteiger partial charge is 0.348 e. The van der Waals surface area contributed by atoms with E-state index >= 15 is 0 Å². The number of likely N-dealkylation sites (N-methyl/N-ethyl adjacent to an activating group) is 1. The van der Waals surface area contributed by atoms with E-state index < -0.39 is 0 Å². The van der Waals surface area contributed by atoms with Gasteiger partial charge >= 0.3 is 0 Å². The van der Waals surface area contributed by atoms with Gasteiger partial charge in [-0.2, -0.15) is 0 Å². The van der Waals surface area contributed by atoms with Crippen molar-refractivity contribution in [1.82, 2.24) is 10.2 Å². The number of carbonyl (C=O) groups excluding carboxylic acids is 1. The zero-order valence-corrected chi connectivity index (χ0v) is 12.0. The van der Waals surface area contributed by atoms with E-state index in [4.69, 9.17) is 0 Å². The lowest BCUT2D eigenvalue weighted by Gasteiger charge is -2.18. The molecule has 1 amide bonds. The fraction of sp³-hybridized carbons (Fsp3) is 0.417. The lowest BCUT2D eigenvalue weighted by Crippen LogP contribution is -2.39. The summed E-state index contributed by atoms with van der Waals surface area (Å²) >= 11 is 2.18. The Hall–Kier alpha value is -0.620. The molecule has 1 aromatic carbocycles. The first kappa shape index (κ1) is 13.4. The predicted molar refractivity (Wildman–Crippen MR) is 74.6 cm³/mol. The van der Waals surface area contributed by atoms with Crippen molar-refractivity contribution >= 4 is 28.5 Å². The third kappa shape index (κ3) is 4.09. The zero-order valence-electron chi connectivity index (χ0n) is 9.83. The Morgan fingerprint density at radius 3 is 2.62 bits per heavy atom. The van der Waals surface area contributed by atoms with Gasteiger partial charge in [-0.25, -0.2) is 0 Å². The van der Waals surface area contributed by atoms with Gasteiger partial charge < -0.3 is 10.2 Å². The third-order valence-corrected chi connectivity index (χ3v) is 3.08. The normalized spacial score (nSPS) is 12.6. The second-order valence-electron chi connectivity index (χ2n) is 4.12. The number of benzene rings is 1. The summed E-state index contributed by atoms with van der Waals surface area (Å²) in [6.07, 6.45) is 0. The van der Waals surface area contributed by atoms with E-state index in [9.17, 15) is 4.79 Å². The van der Waals surface area contributed by atoms with Crippen LogP contribution >= 0.6 is 22.6 Å². The quantitative estimate of drug-likeness (QED) is 0.855. The maximum atomic E-state index is 11.9. The number of nitrogens with one attached hydrogen (secondary N) is 1. The second kappa shape index (κ2) is 6.20. The number of carbonyl (C=O) groups is 1. The molecule has 1 aromatic rings. The van der Waals surface area contributed by atoms with Crippen LogP contribution in [0.25, 0.3) is 0 Å². The van der Waals surface area contributed by atoms with E-state index in [0.717, 1.165) is 15.7 Å². The van der Waals surface area contributed by atoms with Crippen LogP contribution in [0.15, 0.2) is 24.3 Å². The van der Waals surface area contributed by atoms with Crippen LogP contribution in [0, 0.1) is 3.57 Å². The summed E-state index contributed by atoms with van der Waals surface area (Å²) in [5.41, 5.74) is 0.744. The van der Waals surface area contributed by atoms with Crippen molar-refractivity contribution in [2.75, 3.05) is 20.6 Å². The Morgan fingerprint density at radius 1 is 1.44 bits per heavy atom. The highest BCUT2D eigenvalue weighted by Gasteiger charge is 2.12. The van der Waals surface area contributed by atoms with Crippen LogP contribution in [0.1, 0.15) is 17.3 Å². The lowest BCUT2D eigenvalue weighted by atomic mass is 10.2. The van der Waals surface area contributed by atoms with Gasteiger partial charge in [0.1, 0.15) is 0 Å². The molecular weight excluding hydrogens is 315 g/mol. The van der Waals surface area contributed by atoms with Crippen molar-refractivity contribution in [3.8, 4) is 0 Å². The molecule has 0 saturated carbocycles. The highest BCUT2D eigenvalue weighted by Crippen LogP contribution is 2.11. The molecule has 1 unspecified atom stereocenters. The Balaban J connectivity index is 2.63. The minimum Gasteiger partial charge on any atom is -0.348 e. The molecule has 0 spiro atoms. The molecule has 1 N–H and O–H groups in total. The van der Waals surface area contributed by atoms with E-state index in [1.807, 2.05) is 45.3 Å². The van der Waals surface area contributed by atoms with Crippen molar-refractivity contribution in [3.63, 3.8) is 0 Å². The van der Waals surface area contributed by atoms with E-state index in [1.54, 1.807) is 0 Å². The molecule has 0 radical (unpaired) electrons. The van der Waals surface area contributed by atoms with Gasteiger partial charge in [-0.15, -0.1) is 0 Å². The van der Waals surface area contributed by atoms with Crippen LogP contribution in [0.5, 0.6) is 0 Å². The Kier molecular flexibility index (Phi) is 5.21. The Labute approximate surface area is 110 Å². The smallest absolute Gasteiger partial charge is 0.252 e. The van der Waals surface area contributed by atoms with Crippen LogP contribution < -0.4 is 5.32 Å². The minimum absolute atomic E-state index is 0.000602. The summed E-state index contributed by atoms with van der Waals surface area (Å²) in [5.74, 6) is -0.000602. The Bertz CT molecular complexity index is 366. The molecule has 0 aliphatic heterocycles. The topological polar surface area (TPSA) is 32.3 Å². The van der Waals surface area contributed by atoms with Gasteiger partial charge in [-0.3, -0.25) is 4.79 Å². The van der Waals surface area contributed by atoms with Gasteiger partial charge in [0.15, 0.2) is 0 Å². The summed E-state index contributed by atoms with van der Waals surface area (Å²) in [6, 6.07) is 7.75. The van der Waals surface area contributed by atoms with E-state index in [0.29, 0.717) is 0 Å². The van der Waals surface area contributed by atoms with E-state index in [1.165, 1.54) is 0 Å². The molecule has 0 aliphatic carbocycles. The van der Waals surface area contributed by atoms with E-state index in [2.05, 4.69) is 32.8 Å². The highest BCUT2D eigenvalue weighted by atomic mass is 127. The minimum atomic E-state index is -0.000602. The fourth-order valence-electron chi connectivity index (χ4n) is 1.54. The first-order chi connectivity index (χ1) is 7.50. The number of nitrogens with zero attached hydrogens (tertiary/aromatic N) is 1. The van der Waals surface area contributed by atoms with Crippen molar-refractivity contribution in [1.29, 1.82) is 0 Å².